The van der Waals surface area contributed by atoms with Gasteiger partial charge in [0.2, 0.25) is 11.8 Å². The number of halogens is 1. The predicted octanol–water partition coefficient (Wildman–Crippen LogP) is -0.207. The summed E-state index contributed by atoms with van der Waals surface area (Å²) in [7, 11) is 3.69. The number of rotatable bonds is 2. The molecule has 2 atom stereocenters. The molecule has 2 amide bonds. The maximum atomic E-state index is 12.8. The summed E-state index contributed by atoms with van der Waals surface area (Å²) in [6.45, 7) is 2.66. The fraction of sp³-hybridized carbons (Fsp3) is 0.643. The Hall–Kier alpha value is -1.60. The number of hydrogen-bond acceptors (Lipinski definition) is 4. The minimum absolute atomic E-state index is 0. The van der Waals surface area contributed by atoms with Crippen LogP contribution in [-0.4, -0.2) is 64.4 Å². The van der Waals surface area contributed by atoms with Crippen molar-refractivity contribution in [2.75, 3.05) is 33.2 Å². The molecule has 0 aliphatic carbocycles. The lowest BCUT2D eigenvalue weighted by Crippen LogP contribution is -2.51. The van der Waals surface area contributed by atoms with Gasteiger partial charge in [0.1, 0.15) is 11.9 Å². The molecule has 2 aliphatic heterocycles. The van der Waals surface area contributed by atoms with Crippen molar-refractivity contribution in [3.05, 3.63) is 18.2 Å². The summed E-state index contributed by atoms with van der Waals surface area (Å²) >= 11 is 0. The zero-order chi connectivity index (χ0) is 15.0. The topological polar surface area (TPSA) is 70.5 Å². The van der Waals surface area contributed by atoms with Gasteiger partial charge in [-0.1, -0.05) is 0 Å². The van der Waals surface area contributed by atoms with E-state index in [0.717, 1.165) is 12.4 Å². The summed E-state index contributed by atoms with van der Waals surface area (Å²) < 4.78 is 1.95. The lowest BCUT2D eigenvalue weighted by atomic mass is 10.0. The molecule has 2 unspecified atom stereocenters. The highest BCUT2D eigenvalue weighted by Crippen LogP contribution is 2.26. The Kier molecular flexibility index (Phi) is 5.08. The second kappa shape index (κ2) is 6.66. The quantitative estimate of drug-likeness (QED) is 0.816. The summed E-state index contributed by atoms with van der Waals surface area (Å²) in [5.74, 6) is 0.788. The molecule has 1 aromatic rings. The van der Waals surface area contributed by atoms with Crippen LogP contribution < -0.4 is 5.32 Å². The van der Waals surface area contributed by atoms with Gasteiger partial charge in [-0.3, -0.25) is 9.59 Å². The van der Waals surface area contributed by atoms with E-state index in [9.17, 15) is 9.59 Å². The normalized spacial score (nSPS) is 25.3. The van der Waals surface area contributed by atoms with Crippen molar-refractivity contribution in [1.82, 2.24) is 24.7 Å². The predicted molar refractivity (Wildman–Crippen MR) is 83.5 cm³/mol. The molecule has 0 bridgehead atoms. The van der Waals surface area contributed by atoms with Crippen LogP contribution in [0.4, 0.5) is 0 Å². The summed E-state index contributed by atoms with van der Waals surface area (Å²) in [4.78, 5) is 32.4. The molecule has 122 valence electrons. The summed E-state index contributed by atoms with van der Waals surface area (Å²) in [5.41, 5.74) is 0. The number of nitrogens with one attached hydrogen (secondary N) is 1. The Bertz CT molecular complexity index is 561. The maximum Gasteiger partial charge on any atom is 0.228 e. The van der Waals surface area contributed by atoms with E-state index in [0.29, 0.717) is 26.1 Å². The van der Waals surface area contributed by atoms with Crippen LogP contribution in [-0.2, 0) is 16.6 Å². The molecule has 1 aromatic heterocycles. The number of piperazine rings is 1. The molecule has 7 nitrogen and oxygen atoms in total. The fourth-order valence-corrected chi connectivity index (χ4v) is 3.16. The van der Waals surface area contributed by atoms with Gasteiger partial charge >= 0.3 is 0 Å². The second-order valence-corrected chi connectivity index (χ2v) is 5.82. The van der Waals surface area contributed by atoms with Crippen molar-refractivity contribution in [3.8, 4) is 0 Å². The molecule has 2 aliphatic rings. The number of aryl methyl sites for hydroxylation is 1. The van der Waals surface area contributed by atoms with Crippen LogP contribution in [0.5, 0.6) is 0 Å². The Morgan fingerprint density at radius 2 is 2.18 bits per heavy atom. The first-order chi connectivity index (χ1) is 10.1. The lowest BCUT2D eigenvalue weighted by Gasteiger charge is -2.37. The number of nitrogens with zero attached hydrogens (tertiary/aromatic N) is 4. The SMILES string of the molecule is CN1CC(C(=O)N2CCNCC2c2nccn2C)CC1=O.Cl. The number of amides is 2. The van der Waals surface area contributed by atoms with Crippen LogP contribution in [0.1, 0.15) is 18.3 Å². The van der Waals surface area contributed by atoms with Crippen LogP contribution in [0.25, 0.3) is 0 Å². The molecular formula is C14H22ClN5O2. The molecule has 3 rings (SSSR count). The third-order valence-corrected chi connectivity index (χ3v) is 4.37. The van der Waals surface area contributed by atoms with Crippen LogP contribution >= 0.6 is 12.4 Å². The van der Waals surface area contributed by atoms with Crippen LogP contribution in [0.3, 0.4) is 0 Å². The number of carbonyl (C=O) groups is 2. The minimum Gasteiger partial charge on any atom is -0.345 e. The monoisotopic (exact) mass is 327 g/mol. The molecule has 2 fully saturated rings. The Labute approximate surface area is 136 Å². The van der Waals surface area contributed by atoms with Gasteiger partial charge in [-0.25, -0.2) is 4.98 Å². The van der Waals surface area contributed by atoms with Gasteiger partial charge in [-0.05, 0) is 0 Å². The van der Waals surface area contributed by atoms with E-state index in [-0.39, 0.29) is 36.2 Å². The van der Waals surface area contributed by atoms with Gasteiger partial charge in [0, 0.05) is 59.1 Å². The molecular weight excluding hydrogens is 306 g/mol. The molecule has 0 spiro atoms. The van der Waals surface area contributed by atoms with Gasteiger partial charge in [-0.2, -0.15) is 0 Å². The highest BCUT2D eigenvalue weighted by Gasteiger charge is 2.39. The van der Waals surface area contributed by atoms with E-state index in [1.807, 2.05) is 22.7 Å². The van der Waals surface area contributed by atoms with Gasteiger partial charge in [0.05, 0.1) is 5.92 Å². The zero-order valence-electron chi connectivity index (χ0n) is 12.9. The van der Waals surface area contributed by atoms with E-state index < -0.39 is 0 Å². The minimum atomic E-state index is -0.219. The van der Waals surface area contributed by atoms with Gasteiger partial charge in [0.15, 0.2) is 0 Å². The smallest absolute Gasteiger partial charge is 0.228 e. The molecule has 0 aromatic carbocycles. The highest BCUT2D eigenvalue weighted by molar-refractivity contribution is 5.89. The van der Waals surface area contributed by atoms with Crippen molar-refractivity contribution in [2.45, 2.75) is 12.5 Å². The lowest BCUT2D eigenvalue weighted by molar-refractivity contribution is -0.139. The van der Waals surface area contributed by atoms with E-state index in [4.69, 9.17) is 0 Å². The second-order valence-electron chi connectivity index (χ2n) is 5.82. The van der Waals surface area contributed by atoms with Crippen molar-refractivity contribution in [1.29, 1.82) is 0 Å². The molecule has 0 radical (unpaired) electrons. The van der Waals surface area contributed by atoms with Crippen molar-refractivity contribution >= 4 is 24.2 Å². The Morgan fingerprint density at radius 1 is 1.41 bits per heavy atom. The van der Waals surface area contributed by atoms with E-state index in [1.54, 1.807) is 18.1 Å². The molecule has 3 heterocycles. The fourth-order valence-electron chi connectivity index (χ4n) is 3.16. The molecule has 1 N–H and O–H groups in total. The number of carbonyl (C=O) groups excluding carboxylic acids is 2. The summed E-state index contributed by atoms with van der Waals surface area (Å²) in [6.07, 6.45) is 3.96. The van der Waals surface area contributed by atoms with E-state index in [1.165, 1.54) is 0 Å². The first kappa shape index (κ1) is 16.8. The number of likely N-dealkylation sites (tertiary alicyclic amines) is 1. The first-order valence-electron chi connectivity index (χ1n) is 7.30. The van der Waals surface area contributed by atoms with Crippen molar-refractivity contribution in [3.63, 3.8) is 0 Å². The molecule has 0 saturated carbocycles. The average Bonchev–Trinajstić information content (AvgIpc) is 3.05. The van der Waals surface area contributed by atoms with Crippen LogP contribution in [0, 0.1) is 5.92 Å². The molecule has 22 heavy (non-hydrogen) atoms. The first-order valence-corrected chi connectivity index (χ1v) is 7.30. The summed E-state index contributed by atoms with van der Waals surface area (Å²) in [5, 5.41) is 3.32. The number of imidazole rings is 1. The van der Waals surface area contributed by atoms with E-state index >= 15 is 0 Å². The Balaban J connectivity index is 0.00000176. The van der Waals surface area contributed by atoms with Crippen molar-refractivity contribution in [2.24, 2.45) is 13.0 Å². The number of aromatic nitrogens is 2. The number of hydrogen-bond donors (Lipinski definition) is 1. The van der Waals surface area contributed by atoms with E-state index in [2.05, 4.69) is 10.3 Å². The largest absolute Gasteiger partial charge is 0.345 e. The zero-order valence-corrected chi connectivity index (χ0v) is 13.7. The standard InChI is InChI=1S/C14H21N5O2.ClH/c1-17-5-4-16-13(17)11-8-15-3-6-19(11)14(21)10-7-12(20)18(2)9-10;/h4-5,10-11,15H,3,6-9H2,1-2H3;1H. The van der Waals surface area contributed by atoms with Gasteiger partial charge in [0.25, 0.3) is 0 Å². The van der Waals surface area contributed by atoms with Crippen molar-refractivity contribution < 1.29 is 9.59 Å². The molecule has 2 saturated heterocycles. The third-order valence-electron chi connectivity index (χ3n) is 4.37. The summed E-state index contributed by atoms with van der Waals surface area (Å²) in [6, 6.07) is -0.0627. The average molecular weight is 328 g/mol. The molecule has 8 heteroatoms. The van der Waals surface area contributed by atoms with Crippen LogP contribution in [0.2, 0.25) is 0 Å². The maximum absolute atomic E-state index is 12.8. The van der Waals surface area contributed by atoms with Gasteiger partial charge < -0.3 is 19.7 Å². The Morgan fingerprint density at radius 3 is 2.77 bits per heavy atom. The third kappa shape index (κ3) is 2.96. The van der Waals surface area contributed by atoms with Crippen LogP contribution in [0.15, 0.2) is 12.4 Å². The highest BCUT2D eigenvalue weighted by atomic mass is 35.5. The van der Waals surface area contributed by atoms with Gasteiger partial charge in [-0.15, -0.1) is 12.4 Å².